The number of hydrogen-bond acceptors (Lipinski definition) is 3. The van der Waals surface area contributed by atoms with Crippen molar-refractivity contribution >= 4 is 27.3 Å². The van der Waals surface area contributed by atoms with Crippen molar-refractivity contribution in [1.29, 1.82) is 0 Å². The standard InChI is InChI=1S/C12H13BrN2S/c1-4-9-8(3)14-12(15-11(9)13)10-6-5-7(2)16-10/h5-6H,4H2,1-3H3. The van der Waals surface area contributed by atoms with Gasteiger partial charge in [0.05, 0.1) is 4.88 Å². The van der Waals surface area contributed by atoms with Crippen molar-refractivity contribution in [3.05, 3.63) is 32.9 Å². The maximum atomic E-state index is 4.56. The van der Waals surface area contributed by atoms with Crippen LogP contribution in [-0.2, 0) is 6.42 Å². The Morgan fingerprint density at radius 1 is 1.25 bits per heavy atom. The van der Waals surface area contributed by atoms with Crippen LogP contribution in [0.4, 0.5) is 0 Å². The van der Waals surface area contributed by atoms with Crippen LogP contribution in [0.1, 0.15) is 23.1 Å². The second-order valence-electron chi connectivity index (χ2n) is 3.67. The van der Waals surface area contributed by atoms with Gasteiger partial charge in [-0.2, -0.15) is 0 Å². The summed E-state index contributed by atoms with van der Waals surface area (Å²) < 4.78 is 0.920. The number of aryl methyl sites for hydroxylation is 2. The van der Waals surface area contributed by atoms with Gasteiger partial charge >= 0.3 is 0 Å². The van der Waals surface area contributed by atoms with E-state index in [1.807, 2.05) is 6.92 Å². The van der Waals surface area contributed by atoms with Crippen LogP contribution in [0.5, 0.6) is 0 Å². The van der Waals surface area contributed by atoms with Crippen molar-refractivity contribution in [1.82, 2.24) is 9.97 Å². The zero-order valence-corrected chi connectivity index (χ0v) is 11.9. The first-order valence-corrected chi connectivity index (χ1v) is 6.82. The predicted octanol–water partition coefficient (Wildman–Crippen LogP) is 4.15. The number of thiophene rings is 1. The Labute approximate surface area is 108 Å². The molecule has 0 aliphatic rings. The van der Waals surface area contributed by atoms with Gasteiger partial charge in [0, 0.05) is 16.1 Å². The number of hydrogen-bond donors (Lipinski definition) is 0. The molecule has 16 heavy (non-hydrogen) atoms. The fourth-order valence-electron chi connectivity index (χ4n) is 1.63. The highest BCUT2D eigenvalue weighted by atomic mass is 79.9. The van der Waals surface area contributed by atoms with Crippen LogP contribution < -0.4 is 0 Å². The van der Waals surface area contributed by atoms with Crippen LogP contribution in [-0.4, -0.2) is 9.97 Å². The zero-order valence-electron chi connectivity index (χ0n) is 9.54. The molecule has 2 aromatic heterocycles. The SMILES string of the molecule is CCc1c(C)nc(-c2ccc(C)s2)nc1Br. The summed E-state index contributed by atoms with van der Waals surface area (Å²) >= 11 is 5.24. The molecular weight excluding hydrogens is 284 g/mol. The van der Waals surface area contributed by atoms with E-state index in [-0.39, 0.29) is 0 Å². The van der Waals surface area contributed by atoms with E-state index < -0.39 is 0 Å². The fraction of sp³-hybridized carbons (Fsp3) is 0.333. The van der Waals surface area contributed by atoms with E-state index in [4.69, 9.17) is 0 Å². The summed E-state index contributed by atoms with van der Waals surface area (Å²) in [6.07, 6.45) is 0.955. The highest BCUT2D eigenvalue weighted by molar-refractivity contribution is 9.10. The normalized spacial score (nSPS) is 10.8. The molecule has 2 nitrogen and oxygen atoms in total. The van der Waals surface area contributed by atoms with Gasteiger partial charge in [0.25, 0.3) is 0 Å². The maximum Gasteiger partial charge on any atom is 0.170 e. The van der Waals surface area contributed by atoms with Crippen LogP contribution >= 0.6 is 27.3 Å². The van der Waals surface area contributed by atoms with E-state index in [0.29, 0.717) is 0 Å². The van der Waals surface area contributed by atoms with E-state index in [1.165, 1.54) is 10.4 Å². The van der Waals surface area contributed by atoms with Crippen molar-refractivity contribution < 1.29 is 0 Å². The molecule has 0 aliphatic heterocycles. The van der Waals surface area contributed by atoms with Crippen molar-refractivity contribution in [2.75, 3.05) is 0 Å². The summed E-state index contributed by atoms with van der Waals surface area (Å²) in [5.41, 5.74) is 2.25. The summed E-state index contributed by atoms with van der Waals surface area (Å²) in [5, 5.41) is 0. The Morgan fingerprint density at radius 3 is 2.50 bits per heavy atom. The fourth-order valence-corrected chi connectivity index (χ4v) is 3.16. The van der Waals surface area contributed by atoms with Gasteiger partial charge in [-0.3, -0.25) is 0 Å². The van der Waals surface area contributed by atoms with Crippen LogP contribution in [0.25, 0.3) is 10.7 Å². The minimum atomic E-state index is 0.819. The first kappa shape index (κ1) is 11.7. The third kappa shape index (κ3) is 2.18. The smallest absolute Gasteiger partial charge is 0.170 e. The quantitative estimate of drug-likeness (QED) is 0.778. The Bertz CT molecular complexity index is 496. The molecule has 2 heterocycles. The van der Waals surface area contributed by atoms with Gasteiger partial charge in [0.2, 0.25) is 0 Å². The molecule has 0 atom stereocenters. The van der Waals surface area contributed by atoms with E-state index in [9.17, 15) is 0 Å². The molecule has 0 amide bonds. The number of halogens is 1. The largest absolute Gasteiger partial charge is 0.232 e. The van der Waals surface area contributed by atoms with Crippen LogP contribution in [0, 0.1) is 13.8 Å². The number of aromatic nitrogens is 2. The summed E-state index contributed by atoms with van der Waals surface area (Å²) in [5.74, 6) is 0.819. The van der Waals surface area contributed by atoms with E-state index >= 15 is 0 Å². The van der Waals surface area contributed by atoms with E-state index in [1.54, 1.807) is 11.3 Å². The highest BCUT2D eigenvalue weighted by Gasteiger charge is 2.10. The van der Waals surface area contributed by atoms with Gasteiger partial charge in [-0.05, 0) is 48.3 Å². The van der Waals surface area contributed by atoms with Crippen molar-refractivity contribution in [3.8, 4) is 10.7 Å². The molecule has 0 spiro atoms. The average Bonchev–Trinajstić information content (AvgIpc) is 2.64. The van der Waals surface area contributed by atoms with Gasteiger partial charge in [-0.15, -0.1) is 11.3 Å². The van der Waals surface area contributed by atoms with Crippen LogP contribution in [0.2, 0.25) is 0 Å². The molecule has 84 valence electrons. The molecule has 0 N–H and O–H groups in total. The first-order valence-electron chi connectivity index (χ1n) is 5.21. The van der Waals surface area contributed by atoms with Crippen molar-refractivity contribution in [3.63, 3.8) is 0 Å². The van der Waals surface area contributed by atoms with Gasteiger partial charge in [0.15, 0.2) is 5.82 Å². The lowest BCUT2D eigenvalue weighted by Gasteiger charge is -2.06. The molecule has 4 heteroatoms. The second kappa shape index (κ2) is 4.63. The van der Waals surface area contributed by atoms with Crippen LogP contribution in [0.3, 0.4) is 0 Å². The molecule has 2 aromatic rings. The molecule has 0 unspecified atom stereocenters. The molecule has 0 saturated carbocycles. The maximum absolute atomic E-state index is 4.56. The predicted molar refractivity (Wildman–Crippen MR) is 71.9 cm³/mol. The molecule has 0 bridgehead atoms. The third-order valence-corrected chi connectivity index (χ3v) is 4.13. The Kier molecular flexibility index (Phi) is 3.40. The highest BCUT2D eigenvalue weighted by Crippen LogP contribution is 2.27. The summed E-state index contributed by atoms with van der Waals surface area (Å²) in [6, 6.07) is 4.17. The summed E-state index contributed by atoms with van der Waals surface area (Å²) in [6.45, 7) is 6.25. The average molecular weight is 297 g/mol. The van der Waals surface area contributed by atoms with Gasteiger partial charge in [-0.1, -0.05) is 6.92 Å². The Morgan fingerprint density at radius 2 is 2.00 bits per heavy atom. The molecule has 0 radical (unpaired) electrons. The van der Waals surface area contributed by atoms with Crippen molar-refractivity contribution in [2.45, 2.75) is 27.2 Å². The van der Waals surface area contributed by atoms with Gasteiger partial charge in [0.1, 0.15) is 4.60 Å². The van der Waals surface area contributed by atoms with E-state index in [0.717, 1.165) is 27.4 Å². The Balaban J connectivity index is 2.52. The first-order chi connectivity index (χ1) is 7.61. The minimum Gasteiger partial charge on any atom is -0.232 e. The monoisotopic (exact) mass is 296 g/mol. The topological polar surface area (TPSA) is 25.8 Å². The number of rotatable bonds is 2. The molecule has 2 rings (SSSR count). The molecule has 0 saturated heterocycles. The molecular formula is C12H13BrN2S. The summed E-state index contributed by atoms with van der Waals surface area (Å²) in [4.78, 5) is 11.5. The lowest BCUT2D eigenvalue weighted by atomic mass is 10.2. The molecule has 0 aliphatic carbocycles. The van der Waals surface area contributed by atoms with E-state index in [2.05, 4.69) is 51.9 Å². The van der Waals surface area contributed by atoms with Gasteiger partial charge in [-0.25, -0.2) is 9.97 Å². The summed E-state index contributed by atoms with van der Waals surface area (Å²) in [7, 11) is 0. The third-order valence-electron chi connectivity index (χ3n) is 2.48. The zero-order chi connectivity index (χ0) is 11.7. The number of nitrogens with zero attached hydrogens (tertiary/aromatic N) is 2. The lowest BCUT2D eigenvalue weighted by Crippen LogP contribution is -1.98. The van der Waals surface area contributed by atoms with Crippen LogP contribution in [0.15, 0.2) is 16.7 Å². The lowest BCUT2D eigenvalue weighted by molar-refractivity contribution is 0.983. The minimum absolute atomic E-state index is 0.819. The van der Waals surface area contributed by atoms with Crippen molar-refractivity contribution in [2.24, 2.45) is 0 Å². The molecule has 0 aromatic carbocycles. The van der Waals surface area contributed by atoms with Gasteiger partial charge < -0.3 is 0 Å². The second-order valence-corrected chi connectivity index (χ2v) is 5.70. The Hall–Kier alpha value is -0.740. The molecule has 0 fully saturated rings.